The number of carbonyl (C=O) groups is 1. The molecule has 1 rings (SSSR count). The van der Waals surface area contributed by atoms with E-state index in [4.69, 9.17) is 34.8 Å². The maximum absolute atomic E-state index is 11.7. The zero-order chi connectivity index (χ0) is 14.6. The van der Waals surface area contributed by atoms with Gasteiger partial charge in [-0.2, -0.15) is 0 Å². The fraction of sp³-hybridized carbons (Fsp3) is 0.364. The maximum Gasteiger partial charge on any atom is 0.318 e. The number of nitrogens with zero attached hydrogens (tertiary/aromatic N) is 1. The third kappa shape index (κ3) is 5.41. The van der Waals surface area contributed by atoms with Crippen molar-refractivity contribution in [2.24, 2.45) is 0 Å². The molecule has 1 atom stereocenters. The molecular weight excluding hydrogens is 423 g/mol. The van der Waals surface area contributed by atoms with Gasteiger partial charge >= 0.3 is 6.03 Å². The van der Waals surface area contributed by atoms with Gasteiger partial charge in [0.05, 0.1) is 0 Å². The normalized spacial score (nSPS) is 12.7. The molecule has 0 saturated carbocycles. The van der Waals surface area contributed by atoms with Crippen LogP contribution < -0.4 is 10.6 Å². The van der Waals surface area contributed by atoms with Gasteiger partial charge in [-0.05, 0) is 34.7 Å². The Hall–Kier alpha value is -0.110. The topological polar surface area (TPSA) is 44.4 Å². The standard InChI is InChI=1S/C11H13Cl3IN3O/c1-18(2)10(19)17-9(11(12,13)14)16-8-6-4-3-5-7(8)15/h3-6,9,16H,1-2H3,(H,17,19). The highest BCUT2D eigenvalue weighted by Crippen LogP contribution is 2.32. The Balaban J connectivity index is 2.88. The number of benzene rings is 1. The second-order valence-electron chi connectivity index (χ2n) is 3.94. The lowest BCUT2D eigenvalue weighted by molar-refractivity contribution is 0.214. The van der Waals surface area contributed by atoms with Crippen LogP contribution in [0.5, 0.6) is 0 Å². The molecule has 1 unspecified atom stereocenters. The highest BCUT2D eigenvalue weighted by atomic mass is 127. The fourth-order valence-corrected chi connectivity index (χ4v) is 2.06. The molecule has 0 spiro atoms. The predicted molar refractivity (Wildman–Crippen MR) is 89.1 cm³/mol. The van der Waals surface area contributed by atoms with Gasteiger partial charge in [-0.15, -0.1) is 0 Å². The second kappa shape index (κ2) is 7.06. The van der Waals surface area contributed by atoms with Gasteiger partial charge in [-0.3, -0.25) is 0 Å². The first kappa shape index (κ1) is 16.9. The molecule has 0 aliphatic rings. The van der Waals surface area contributed by atoms with Crippen molar-refractivity contribution in [3.05, 3.63) is 27.8 Å². The Labute approximate surface area is 140 Å². The van der Waals surface area contributed by atoms with Crippen LogP contribution in [0.1, 0.15) is 0 Å². The Bertz CT molecular complexity index is 451. The van der Waals surface area contributed by atoms with E-state index in [2.05, 4.69) is 33.2 Å². The minimum Gasteiger partial charge on any atom is -0.361 e. The lowest BCUT2D eigenvalue weighted by atomic mass is 10.3. The molecule has 0 heterocycles. The number of nitrogens with one attached hydrogen (secondary N) is 2. The van der Waals surface area contributed by atoms with Crippen LogP contribution >= 0.6 is 57.4 Å². The average Bonchev–Trinajstić information content (AvgIpc) is 2.29. The van der Waals surface area contributed by atoms with Gasteiger partial charge in [0.15, 0.2) is 0 Å². The van der Waals surface area contributed by atoms with Crippen molar-refractivity contribution in [1.29, 1.82) is 0 Å². The molecule has 0 fully saturated rings. The van der Waals surface area contributed by atoms with Gasteiger partial charge in [0.1, 0.15) is 6.17 Å². The summed E-state index contributed by atoms with van der Waals surface area (Å²) in [6, 6.07) is 7.15. The van der Waals surface area contributed by atoms with Crippen LogP contribution in [0.4, 0.5) is 10.5 Å². The van der Waals surface area contributed by atoms with E-state index in [0.29, 0.717) is 0 Å². The van der Waals surface area contributed by atoms with Crippen molar-refractivity contribution in [3.8, 4) is 0 Å². The molecule has 19 heavy (non-hydrogen) atoms. The first-order valence-electron chi connectivity index (χ1n) is 5.27. The molecule has 0 bridgehead atoms. The number of hydrogen-bond donors (Lipinski definition) is 2. The minimum atomic E-state index is -1.68. The van der Waals surface area contributed by atoms with Gasteiger partial charge in [-0.1, -0.05) is 46.9 Å². The summed E-state index contributed by atoms with van der Waals surface area (Å²) in [4.78, 5) is 13.0. The number of carbonyl (C=O) groups excluding carboxylic acids is 1. The predicted octanol–water partition coefficient (Wildman–Crippen LogP) is 3.67. The highest BCUT2D eigenvalue weighted by molar-refractivity contribution is 14.1. The van der Waals surface area contributed by atoms with Crippen molar-refractivity contribution in [2.75, 3.05) is 19.4 Å². The number of hydrogen-bond acceptors (Lipinski definition) is 2. The van der Waals surface area contributed by atoms with Crippen LogP contribution in [0.2, 0.25) is 0 Å². The number of urea groups is 1. The smallest absolute Gasteiger partial charge is 0.318 e. The molecule has 1 aromatic rings. The van der Waals surface area contributed by atoms with Crippen molar-refractivity contribution in [1.82, 2.24) is 10.2 Å². The summed E-state index contributed by atoms with van der Waals surface area (Å²) in [5, 5.41) is 5.62. The van der Waals surface area contributed by atoms with E-state index in [1.54, 1.807) is 14.1 Å². The van der Waals surface area contributed by atoms with E-state index < -0.39 is 9.96 Å². The Morgan fingerprint density at radius 2 is 1.89 bits per heavy atom. The van der Waals surface area contributed by atoms with Gasteiger partial charge in [0, 0.05) is 23.4 Å². The third-order valence-electron chi connectivity index (χ3n) is 2.18. The molecular formula is C11H13Cl3IN3O. The average molecular weight is 437 g/mol. The van der Waals surface area contributed by atoms with Gasteiger partial charge in [0.25, 0.3) is 0 Å². The molecule has 2 N–H and O–H groups in total. The molecule has 0 aliphatic heterocycles. The first-order chi connectivity index (χ1) is 8.71. The monoisotopic (exact) mass is 435 g/mol. The number of rotatable bonds is 3. The first-order valence-corrected chi connectivity index (χ1v) is 7.48. The lowest BCUT2D eigenvalue weighted by Crippen LogP contribution is -2.52. The van der Waals surface area contributed by atoms with Crippen LogP contribution in [-0.2, 0) is 0 Å². The molecule has 0 aliphatic carbocycles. The van der Waals surface area contributed by atoms with Crippen LogP contribution in [0.15, 0.2) is 24.3 Å². The van der Waals surface area contributed by atoms with E-state index in [0.717, 1.165) is 9.26 Å². The number of halogens is 4. The van der Waals surface area contributed by atoms with Crippen LogP contribution in [0.3, 0.4) is 0 Å². The molecule has 106 valence electrons. The number of anilines is 1. The largest absolute Gasteiger partial charge is 0.361 e. The lowest BCUT2D eigenvalue weighted by Gasteiger charge is -2.29. The third-order valence-corrected chi connectivity index (χ3v) is 3.77. The number of alkyl halides is 3. The molecule has 0 aromatic heterocycles. The van der Waals surface area contributed by atoms with Gasteiger partial charge in [0.2, 0.25) is 3.79 Å². The molecule has 1 aromatic carbocycles. The Morgan fingerprint density at radius 3 is 2.37 bits per heavy atom. The van der Waals surface area contributed by atoms with Gasteiger partial charge in [-0.25, -0.2) is 4.79 Å². The van der Waals surface area contributed by atoms with Crippen molar-refractivity contribution in [3.63, 3.8) is 0 Å². The summed E-state index contributed by atoms with van der Waals surface area (Å²) < 4.78 is -0.719. The Kier molecular flexibility index (Phi) is 6.29. The van der Waals surface area contributed by atoms with E-state index in [9.17, 15) is 4.79 Å². The van der Waals surface area contributed by atoms with Crippen LogP contribution in [0.25, 0.3) is 0 Å². The molecule has 4 nitrogen and oxygen atoms in total. The summed E-state index contributed by atoms with van der Waals surface area (Å²) in [5.74, 6) is 0. The number of amides is 2. The maximum atomic E-state index is 11.7. The molecule has 0 saturated heterocycles. The van der Waals surface area contributed by atoms with Crippen LogP contribution in [0, 0.1) is 3.57 Å². The van der Waals surface area contributed by atoms with E-state index >= 15 is 0 Å². The van der Waals surface area contributed by atoms with Crippen molar-refractivity contribution in [2.45, 2.75) is 9.96 Å². The quantitative estimate of drug-likeness (QED) is 0.432. The van der Waals surface area contributed by atoms with Crippen molar-refractivity contribution >= 4 is 69.1 Å². The summed E-state index contributed by atoms with van der Waals surface area (Å²) in [7, 11) is 3.22. The highest BCUT2D eigenvalue weighted by Gasteiger charge is 2.34. The van der Waals surface area contributed by atoms with E-state index in [1.807, 2.05) is 24.3 Å². The van der Waals surface area contributed by atoms with Crippen LogP contribution in [-0.4, -0.2) is 35.0 Å². The molecule has 8 heteroatoms. The minimum absolute atomic E-state index is 0.352. The Morgan fingerprint density at radius 1 is 1.32 bits per heavy atom. The van der Waals surface area contributed by atoms with E-state index in [-0.39, 0.29) is 6.03 Å². The second-order valence-corrected chi connectivity index (χ2v) is 7.47. The van der Waals surface area contributed by atoms with Crippen molar-refractivity contribution < 1.29 is 4.79 Å². The summed E-state index contributed by atoms with van der Waals surface area (Å²) in [6.07, 6.45) is -0.844. The van der Waals surface area contributed by atoms with E-state index in [1.165, 1.54) is 4.90 Å². The fourth-order valence-electron chi connectivity index (χ4n) is 1.19. The SMILES string of the molecule is CN(C)C(=O)NC(Nc1ccccc1I)C(Cl)(Cl)Cl. The molecule has 0 radical (unpaired) electrons. The number of para-hydroxylation sites is 1. The zero-order valence-corrected chi connectivity index (χ0v) is 14.7. The summed E-state index contributed by atoms with van der Waals surface area (Å²) >= 11 is 19.8. The zero-order valence-electron chi connectivity index (χ0n) is 10.3. The summed E-state index contributed by atoms with van der Waals surface area (Å²) in [5.41, 5.74) is 0.776. The van der Waals surface area contributed by atoms with Gasteiger partial charge < -0.3 is 15.5 Å². The summed E-state index contributed by atoms with van der Waals surface area (Å²) in [6.45, 7) is 0. The molecule has 2 amide bonds.